The van der Waals surface area contributed by atoms with Gasteiger partial charge in [-0.05, 0) is 43.5 Å². The number of nitrogens with zero attached hydrogens (tertiary/aromatic N) is 4. The molecule has 3 aromatic rings. The van der Waals surface area contributed by atoms with Crippen LogP contribution in [0.25, 0.3) is 11.3 Å². The third kappa shape index (κ3) is 4.62. The molecule has 0 N–H and O–H groups in total. The van der Waals surface area contributed by atoms with Gasteiger partial charge in [0.1, 0.15) is 0 Å². The molecule has 2 aromatic heterocycles. The van der Waals surface area contributed by atoms with Crippen molar-refractivity contribution in [2.24, 2.45) is 0 Å². The Labute approximate surface area is 189 Å². The van der Waals surface area contributed by atoms with Gasteiger partial charge in [0.2, 0.25) is 0 Å². The molecule has 0 spiro atoms. The quantitative estimate of drug-likeness (QED) is 0.511. The number of aryl methyl sites for hydroxylation is 2. The molecule has 166 valence electrons. The highest BCUT2D eigenvalue weighted by molar-refractivity contribution is 7.09. The number of amides is 1. The third-order valence-electron chi connectivity index (χ3n) is 5.32. The third-order valence-corrected chi connectivity index (χ3v) is 6.09. The second kappa shape index (κ2) is 9.44. The topological polar surface area (TPSA) is 94.4 Å². The molecule has 0 fully saturated rings. The van der Waals surface area contributed by atoms with E-state index in [9.17, 15) is 14.4 Å². The van der Waals surface area contributed by atoms with Crippen LogP contribution in [0.5, 0.6) is 0 Å². The number of carbonyl (C=O) groups excluding carboxylic acids is 2. The van der Waals surface area contributed by atoms with Crippen molar-refractivity contribution in [3.63, 3.8) is 0 Å². The first kappa shape index (κ1) is 21.9. The molecule has 0 unspecified atom stereocenters. The summed E-state index contributed by atoms with van der Waals surface area (Å²) >= 11 is 1.60. The van der Waals surface area contributed by atoms with E-state index in [1.807, 2.05) is 31.4 Å². The number of carbonyl (C=O) groups is 2. The molecule has 1 aromatic carbocycles. The second-order valence-electron chi connectivity index (χ2n) is 7.60. The number of aromatic nitrogens is 3. The predicted octanol–water partition coefficient (Wildman–Crippen LogP) is 3.22. The van der Waals surface area contributed by atoms with E-state index < -0.39 is 5.97 Å². The summed E-state index contributed by atoms with van der Waals surface area (Å²) in [5, 5.41) is 7.09. The molecule has 0 saturated carbocycles. The number of hydrogen-bond donors (Lipinski definition) is 0. The molecular formula is C23H24N4O4S. The molecule has 0 radical (unpaired) electrons. The Bertz CT molecular complexity index is 1220. The maximum absolute atomic E-state index is 12.7. The van der Waals surface area contributed by atoms with Gasteiger partial charge in [0, 0.05) is 35.8 Å². The molecule has 9 heteroatoms. The minimum atomic E-state index is -0.725. The summed E-state index contributed by atoms with van der Waals surface area (Å²) in [4.78, 5) is 43.1. The summed E-state index contributed by atoms with van der Waals surface area (Å²) in [6.07, 6.45) is 2.41. The van der Waals surface area contributed by atoms with E-state index in [-0.39, 0.29) is 23.8 Å². The van der Waals surface area contributed by atoms with Gasteiger partial charge in [-0.2, -0.15) is 5.10 Å². The van der Waals surface area contributed by atoms with Crippen LogP contribution < -0.4 is 10.5 Å². The van der Waals surface area contributed by atoms with E-state index in [1.165, 1.54) is 16.8 Å². The molecule has 1 aliphatic heterocycles. The summed E-state index contributed by atoms with van der Waals surface area (Å²) in [5.41, 5.74) is 3.59. The number of benzene rings is 1. The lowest BCUT2D eigenvalue weighted by atomic mass is 10.1. The summed E-state index contributed by atoms with van der Waals surface area (Å²) in [6, 6.07) is 8.54. The Morgan fingerprint density at radius 1 is 1.22 bits per heavy atom. The summed E-state index contributed by atoms with van der Waals surface area (Å²) in [5.74, 6) is -1.02. The van der Waals surface area contributed by atoms with Crippen molar-refractivity contribution in [2.45, 2.75) is 39.7 Å². The van der Waals surface area contributed by atoms with Crippen LogP contribution in [0.2, 0.25) is 0 Å². The van der Waals surface area contributed by atoms with Crippen molar-refractivity contribution >= 4 is 28.9 Å². The van der Waals surface area contributed by atoms with Gasteiger partial charge in [-0.1, -0.05) is 19.4 Å². The Balaban J connectivity index is 1.40. The monoisotopic (exact) mass is 452 g/mol. The van der Waals surface area contributed by atoms with E-state index >= 15 is 0 Å². The number of esters is 1. The predicted molar refractivity (Wildman–Crippen MR) is 122 cm³/mol. The van der Waals surface area contributed by atoms with Crippen molar-refractivity contribution < 1.29 is 14.3 Å². The van der Waals surface area contributed by atoms with Crippen LogP contribution in [-0.2, 0) is 22.5 Å². The number of fused-ring (bicyclic) bond motifs is 1. The van der Waals surface area contributed by atoms with Crippen molar-refractivity contribution in [3.8, 4) is 11.3 Å². The van der Waals surface area contributed by atoms with Gasteiger partial charge in [0.25, 0.3) is 11.5 Å². The van der Waals surface area contributed by atoms with E-state index in [0.29, 0.717) is 13.1 Å². The largest absolute Gasteiger partial charge is 0.451 e. The number of thiazole rings is 1. The Morgan fingerprint density at radius 2 is 2.06 bits per heavy atom. The first-order valence-corrected chi connectivity index (χ1v) is 11.5. The van der Waals surface area contributed by atoms with E-state index in [2.05, 4.69) is 16.1 Å². The van der Waals surface area contributed by atoms with Crippen LogP contribution in [0.15, 0.2) is 40.5 Å². The molecule has 1 aliphatic rings. The SMILES string of the molecule is CCCCn1nc(C(=O)OCC(=O)N2CCc3cc(-c4csc(C)n4)ccc32)ccc1=O. The minimum Gasteiger partial charge on any atom is -0.451 e. The lowest BCUT2D eigenvalue weighted by Crippen LogP contribution is -2.33. The number of anilines is 1. The molecule has 4 rings (SSSR count). The highest BCUT2D eigenvalue weighted by atomic mass is 32.1. The van der Waals surface area contributed by atoms with E-state index in [0.717, 1.165) is 46.8 Å². The fourth-order valence-corrected chi connectivity index (χ4v) is 4.24. The van der Waals surface area contributed by atoms with Gasteiger partial charge in [0.15, 0.2) is 12.3 Å². The van der Waals surface area contributed by atoms with Crippen LogP contribution in [0.1, 0.15) is 40.8 Å². The molecule has 32 heavy (non-hydrogen) atoms. The standard InChI is InChI=1S/C23H24N4O4S/c1-3-4-10-27-21(28)8-6-18(25-27)23(30)31-13-22(29)26-11-9-17-12-16(5-7-20(17)26)19-14-32-15(2)24-19/h5-8,12,14H,3-4,9-11,13H2,1-2H3. The lowest BCUT2D eigenvalue weighted by Gasteiger charge is -2.17. The van der Waals surface area contributed by atoms with Gasteiger partial charge in [-0.25, -0.2) is 14.5 Å². The maximum Gasteiger partial charge on any atom is 0.359 e. The van der Waals surface area contributed by atoms with Gasteiger partial charge in [-0.15, -0.1) is 11.3 Å². The van der Waals surface area contributed by atoms with Gasteiger partial charge >= 0.3 is 5.97 Å². The highest BCUT2D eigenvalue weighted by Crippen LogP contribution is 2.32. The van der Waals surface area contributed by atoms with Gasteiger partial charge < -0.3 is 9.64 Å². The number of hydrogen-bond acceptors (Lipinski definition) is 7. The van der Waals surface area contributed by atoms with E-state index in [1.54, 1.807) is 16.2 Å². The Hall–Kier alpha value is -3.33. The zero-order valence-electron chi connectivity index (χ0n) is 18.0. The molecule has 0 saturated heterocycles. The minimum absolute atomic E-state index is 0.0125. The average molecular weight is 453 g/mol. The molecule has 0 aliphatic carbocycles. The zero-order valence-corrected chi connectivity index (χ0v) is 18.9. The van der Waals surface area contributed by atoms with Crippen molar-refractivity contribution in [2.75, 3.05) is 18.1 Å². The molecule has 8 nitrogen and oxygen atoms in total. The molecule has 3 heterocycles. The number of rotatable bonds is 7. The number of ether oxygens (including phenoxy) is 1. The highest BCUT2D eigenvalue weighted by Gasteiger charge is 2.26. The fourth-order valence-electron chi connectivity index (χ4n) is 3.62. The van der Waals surface area contributed by atoms with Crippen LogP contribution in [-0.4, -0.2) is 39.8 Å². The van der Waals surface area contributed by atoms with Crippen LogP contribution in [0.4, 0.5) is 5.69 Å². The van der Waals surface area contributed by atoms with Gasteiger partial charge in [0.05, 0.1) is 10.7 Å². The normalized spacial score (nSPS) is 12.6. The van der Waals surface area contributed by atoms with Crippen LogP contribution in [0, 0.1) is 6.92 Å². The molecule has 0 bridgehead atoms. The summed E-state index contributed by atoms with van der Waals surface area (Å²) in [7, 11) is 0. The second-order valence-corrected chi connectivity index (χ2v) is 8.66. The summed E-state index contributed by atoms with van der Waals surface area (Å²) < 4.78 is 6.45. The van der Waals surface area contributed by atoms with Crippen LogP contribution in [0.3, 0.4) is 0 Å². The smallest absolute Gasteiger partial charge is 0.359 e. The first-order valence-electron chi connectivity index (χ1n) is 10.6. The fraction of sp³-hybridized carbons (Fsp3) is 0.348. The van der Waals surface area contributed by atoms with Crippen molar-refractivity contribution in [1.82, 2.24) is 14.8 Å². The Kier molecular flexibility index (Phi) is 6.45. The van der Waals surface area contributed by atoms with Gasteiger partial charge in [-0.3, -0.25) is 9.59 Å². The molecule has 0 atom stereocenters. The maximum atomic E-state index is 12.7. The van der Waals surface area contributed by atoms with Crippen LogP contribution >= 0.6 is 11.3 Å². The number of unbranched alkanes of at least 4 members (excludes halogenated alkanes) is 1. The average Bonchev–Trinajstić information content (AvgIpc) is 3.42. The van der Waals surface area contributed by atoms with E-state index in [4.69, 9.17) is 4.74 Å². The Morgan fingerprint density at radius 3 is 2.81 bits per heavy atom. The first-order chi connectivity index (χ1) is 15.5. The van der Waals surface area contributed by atoms with Crippen molar-refractivity contribution in [1.29, 1.82) is 0 Å². The molecular weight excluding hydrogens is 428 g/mol. The van der Waals surface area contributed by atoms with Crippen molar-refractivity contribution in [3.05, 3.63) is 62.3 Å². The summed E-state index contributed by atoms with van der Waals surface area (Å²) in [6.45, 7) is 4.55. The lowest BCUT2D eigenvalue weighted by molar-refractivity contribution is -0.121. The molecule has 1 amide bonds. The zero-order chi connectivity index (χ0) is 22.7.